The molecule has 4 rings (SSSR count). The fourth-order valence-electron chi connectivity index (χ4n) is 4.33. The first kappa shape index (κ1) is 25.3. The number of benzene rings is 2. The van der Waals surface area contributed by atoms with E-state index in [-0.39, 0.29) is 18.4 Å². The third kappa shape index (κ3) is 5.87. The summed E-state index contributed by atoms with van der Waals surface area (Å²) in [5.74, 6) is 1.32. The van der Waals surface area contributed by atoms with Crippen molar-refractivity contribution >= 4 is 17.5 Å². The molecular weight excluding hydrogens is 458 g/mol. The zero-order valence-corrected chi connectivity index (χ0v) is 21.2. The SMILES string of the molecule is CCOc1cc(C(=O)N(Cc2c(C)noc2C)c2ccccc2)ccc1OCC(=O)N1CCCCC1. The van der Waals surface area contributed by atoms with E-state index in [2.05, 4.69) is 5.16 Å². The van der Waals surface area contributed by atoms with E-state index < -0.39 is 0 Å². The van der Waals surface area contributed by atoms with Crippen LogP contribution in [-0.2, 0) is 11.3 Å². The van der Waals surface area contributed by atoms with E-state index in [4.69, 9.17) is 14.0 Å². The Kier molecular flexibility index (Phi) is 8.25. The van der Waals surface area contributed by atoms with Crippen LogP contribution in [0.2, 0.25) is 0 Å². The molecule has 0 N–H and O–H groups in total. The Balaban J connectivity index is 1.57. The van der Waals surface area contributed by atoms with Crippen LogP contribution in [0.4, 0.5) is 5.69 Å². The minimum atomic E-state index is -0.196. The van der Waals surface area contributed by atoms with Gasteiger partial charge in [-0.15, -0.1) is 0 Å². The van der Waals surface area contributed by atoms with Crippen molar-refractivity contribution in [2.45, 2.75) is 46.6 Å². The molecule has 0 spiro atoms. The first-order valence-corrected chi connectivity index (χ1v) is 12.4. The zero-order valence-electron chi connectivity index (χ0n) is 21.2. The highest BCUT2D eigenvalue weighted by Gasteiger charge is 2.24. The number of nitrogens with zero attached hydrogens (tertiary/aromatic N) is 3. The maximum absolute atomic E-state index is 13.8. The van der Waals surface area contributed by atoms with Gasteiger partial charge in [-0.3, -0.25) is 9.59 Å². The molecule has 8 nitrogen and oxygen atoms in total. The second kappa shape index (κ2) is 11.7. The highest BCUT2D eigenvalue weighted by molar-refractivity contribution is 6.06. The van der Waals surface area contributed by atoms with Crippen molar-refractivity contribution in [3.63, 3.8) is 0 Å². The number of hydrogen-bond donors (Lipinski definition) is 0. The Morgan fingerprint density at radius 1 is 1.00 bits per heavy atom. The van der Waals surface area contributed by atoms with E-state index in [1.54, 1.807) is 23.1 Å². The van der Waals surface area contributed by atoms with Gasteiger partial charge in [0.25, 0.3) is 11.8 Å². The molecule has 1 aromatic heterocycles. The molecule has 1 aliphatic rings. The number of piperidine rings is 1. The fourth-order valence-corrected chi connectivity index (χ4v) is 4.33. The lowest BCUT2D eigenvalue weighted by Crippen LogP contribution is -2.38. The second-order valence-corrected chi connectivity index (χ2v) is 8.85. The summed E-state index contributed by atoms with van der Waals surface area (Å²) in [4.78, 5) is 29.8. The molecule has 3 aromatic rings. The monoisotopic (exact) mass is 491 g/mol. The molecule has 2 amide bonds. The molecule has 36 heavy (non-hydrogen) atoms. The molecule has 0 aliphatic carbocycles. The highest BCUT2D eigenvalue weighted by atomic mass is 16.5. The number of amides is 2. The Morgan fingerprint density at radius 2 is 1.75 bits per heavy atom. The predicted molar refractivity (Wildman–Crippen MR) is 136 cm³/mol. The number of ether oxygens (including phenoxy) is 2. The number of carbonyl (C=O) groups excluding carboxylic acids is 2. The van der Waals surface area contributed by atoms with Gasteiger partial charge in [0.05, 0.1) is 18.8 Å². The topological polar surface area (TPSA) is 85.1 Å². The summed E-state index contributed by atoms with van der Waals surface area (Å²) < 4.78 is 16.9. The van der Waals surface area contributed by atoms with E-state index in [1.807, 2.05) is 56.0 Å². The smallest absolute Gasteiger partial charge is 0.260 e. The minimum Gasteiger partial charge on any atom is -0.490 e. The van der Waals surface area contributed by atoms with E-state index in [0.717, 1.165) is 49.3 Å². The van der Waals surface area contributed by atoms with Gasteiger partial charge in [-0.05, 0) is 70.4 Å². The number of carbonyl (C=O) groups is 2. The number of rotatable bonds is 9. The van der Waals surface area contributed by atoms with Crippen LogP contribution >= 0.6 is 0 Å². The number of aryl methyl sites for hydroxylation is 2. The standard InChI is InChI=1S/C28H33N3O5/c1-4-34-26-17-22(13-14-25(26)35-19-27(32)30-15-9-6-10-16-30)28(33)31(23-11-7-5-8-12-23)18-24-20(2)29-36-21(24)3/h5,7-8,11-14,17H,4,6,9-10,15-16,18-19H2,1-3H3. The van der Waals surface area contributed by atoms with Crippen LogP contribution in [0.15, 0.2) is 53.1 Å². The molecular formula is C28H33N3O5. The number of hydrogen-bond acceptors (Lipinski definition) is 6. The van der Waals surface area contributed by atoms with Crippen LogP contribution in [0.1, 0.15) is 53.6 Å². The summed E-state index contributed by atoms with van der Waals surface area (Å²) in [5.41, 5.74) is 2.82. The third-order valence-corrected chi connectivity index (χ3v) is 6.36. The van der Waals surface area contributed by atoms with Crippen LogP contribution in [0.3, 0.4) is 0 Å². The number of aromatic nitrogens is 1. The minimum absolute atomic E-state index is 0.0352. The summed E-state index contributed by atoms with van der Waals surface area (Å²) in [5, 5.41) is 4.03. The average Bonchev–Trinajstić information content (AvgIpc) is 3.23. The number of para-hydroxylation sites is 1. The summed E-state index contributed by atoms with van der Waals surface area (Å²) in [6, 6.07) is 14.6. The normalized spacial score (nSPS) is 13.4. The van der Waals surface area contributed by atoms with Gasteiger partial charge in [-0.2, -0.15) is 0 Å². The number of anilines is 1. The first-order valence-electron chi connectivity index (χ1n) is 12.4. The largest absolute Gasteiger partial charge is 0.490 e. The molecule has 0 unspecified atom stereocenters. The molecule has 2 aromatic carbocycles. The molecule has 190 valence electrons. The summed E-state index contributed by atoms with van der Waals surface area (Å²) >= 11 is 0. The van der Waals surface area contributed by atoms with Crippen molar-refractivity contribution in [1.29, 1.82) is 0 Å². The maximum Gasteiger partial charge on any atom is 0.260 e. The first-order chi connectivity index (χ1) is 17.5. The van der Waals surface area contributed by atoms with E-state index in [0.29, 0.717) is 36.0 Å². The van der Waals surface area contributed by atoms with Crippen molar-refractivity contribution in [2.24, 2.45) is 0 Å². The van der Waals surface area contributed by atoms with E-state index in [9.17, 15) is 9.59 Å². The molecule has 8 heteroatoms. The Labute approximate surface area is 211 Å². The molecule has 0 atom stereocenters. The van der Waals surface area contributed by atoms with Gasteiger partial charge in [0, 0.05) is 29.9 Å². The van der Waals surface area contributed by atoms with Crippen LogP contribution in [0.5, 0.6) is 11.5 Å². The van der Waals surface area contributed by atoms with Crippen molar-refractivity contribution < 1.29 is 23.6 Å². The Morgan fingerprint density at radius 3 is 2.42 bits per heavy atom. The van der Waals surface area contributed by atoms with Gasteiger partial charge in [0.2, 0.25) is 0 Å². The summed E-state index contributed by atoms with van der Waals surface area (Å²) in [6.07, 6.45) is 3.21. The van der Waals surface area contributed by atoms with Gasteiger partial charge in [-0.1, -0.05) is 23.4 Å². The molecule has 2 heterocycles. The van der Waals surface area contributed by atoms with E-state index in [1.165, 1.54) is 0 Å². The summed E-state index contributed by atoms with van der Waals surface area (Å²) in [7, 11) is 0. The molecule has 1 saturated heterocycles. The van der Waals surface area contributed by atoms with Crippen LogP contribution < -0.4 is 14.4 Å². The molecule has 0 bridgehead atoms. The van der Waals surface area contributed by atoms with Crippen LogP contribution in [0.25, 0.3) is 0 Å². The Bertz CT molecular complexity index is 1170. The van der Waals surface area contributed by atoms with Gasteiger partial charge >= 0.3 is 0 Å². The quantitative estimate of drug-likeness (QED) is 0.422. The molecule has 1 aliphatic heterocycles. The van der Waals surface area contributed by atoms with Crippen molar-refractivity contribution in [2.75, 3.05) is 31.2 Å². The van der Waals surface area contributed by atoms with Gasteiger partial charge in [0.1, 0.15) is 5.76 Å². The highest BCUT2D eigenvalue weighted by Crippen LogP contribution is 2.31. The van der Waals surface area contributed by atoms with Crippen LogP contribution in [0, 0.1) is 13.8 Å². The lowest BCUT2D eigenvalue weighted by Gasteiger charge is -2.26. The fraction of sp³-hybridized carbons (Fsp3) is 0.393. The van der Waals surface area contributed by atoms with Crippen molar-refractivity contribution in [3.05, 3.63) is 71.1 Å². The number of likely N-dealkylation sites (tertiary alicyclic amines) is 1. The third-order valence-electron chi connectivity index (χ3n) is 6.36. The van der Waals surface area contributed by atoms with Crippen molar-refractivity contribution in [3.8, 4) is 11.5 Å². The molecule has 0 saturated carbocycles. The molecule has 1 fully saturated rings. The van der Waals surface area contributed by atoms with Gasteiger partial charge in [0.15, 0.2) is 18.1 Å². The lowest BCUT2D eigenvalue weighted by molar-refractivity contribution is -0.134. The maximum atomic E-state index is 13.8. The summed E-state index contributed by atoms with van der Waals surface area (Å²) in [6.45, 7) is 7.77. The predicted octanol–water partition coefficient (Wildman–Crippen LogP) is 4.93. The van der Waals surface area contributed by atoms with E-state index >= 15 is 0 Å². The van der Waals surface area contributed by atoms with Gasteiger partial charge < -0.3 is 23.8 Å². The average molecular weight is 492 g/mol. The lowest BCUT2D eigenvalue weighted by atomic mass is 10.1. The van der Waals surface area contributed by atoms with Crippen LogP contribution in [-0.4, -0.2) is 48.2 Å². The second-order valence-electron chi connectivity index (χ2n) is 8.85. The Hall–Kier alpha value is -3.81. The van der Waals surface area contributed by atoms with Crippen molar-refractivity contribution in [1.82, 2.24) is 10.1 Å². The van der Waals surface area contributed by atoms with Gasteiger partial charge in [-0.25, -0.2) is 0 Å². The zero-order chi connectivity index (χ0) is 25.5. The molecule has 0 radical (unpaired) electrons.